The summed E-state index contributed by atoms with van der Waals surface area (Å²) >= 11 is 0. The number of hydrogen-bond donors (Lipinski definition) is 2. The van der Waals surface area contributed by atoms with Crippen LogP contribution in [0.4, 0.5) is 17.2 Å². The van der Waals surface area contributed by atoms with Gasteiger partial charge in [-0.25, -0.2) is 9.97 Å². The number of nitrogens with one attached hydrogen (secondary N) is 1. The van der Waals surface area contributed by atoms with Crippen LogP contribution >= 0.6 is 0 Å². The van der Waals surface area contributed by atoms with Crippen LogP contribution in [0.2, 0.25) is 0 Å². The van der Waals surface area contributed by atoms with E-state index < -0.39 is 0 Å². The van der Waals surface area contributed by atoms with Gasteiger partial charge in [0, 0.05) is 5.69 Å². The monoisotopic (exact) mass is 216 g/mol. The molecule has 0 aliphatic rings. The van der Waals surface area contributed by atoms with Crippen LogP contribution in [0.25, 0.3) is 0 Å². The fourth-order valence-corrected chi connectivity index (χ4v) is 1.26. The quantitative estimate of drug-likeness (QED) is 0.818. The highest BCUT2D eigenvalue weighted by Gasteiger charge is 2.00. The van der Waals surface area contributed by atoms with Gasteiger partial charge in [0.25, 0.3) is 0 Å². The average Bonchev–Trinajstić information content (AvgIpc) is 2.33. The third kappa shape index (κ3) is 2.20. The number of anilines is 3. The third-order valence-corrected chi connectivity index (χ3v) is 2.09. The van der Waals surface area contributed by atoms with Crippen LogP contribution in [0.1, 0.15) is 0 Å². The van der Waals surface area contributed by atoms with Crippen LogP contribution in [-0.2, 0) is 0 Å². The molecule has 5 heteroatoms. The van der Waals surface area contributed by atoms with Gasteiger partial charge in [-0.05, 0) is 24.3 Å². The minimum absolute atomic E-state index is 0.512. The molecule has 5 nitrogen and oxygen atoms in total. The van der Waals surface area contributed by atoms with Crippen LogP contribution in [0.3, 0.4) is 0 Å². The van der Waals surface area contributed by atoms with E-state index in [1.807, 2.05) is 24.3 Å². The molecule has 82 valence electrons. The maximum absolute atomic E-state index is 5.71. The molecule has 1 heterocycles. The van der Waals surface area contributed by atoms with Gasteiger partial charge < -0.3 is 15.8 Å². The predicted molar refractivity (Wildman–Crippen MR) is 62.7 cm³/mol. The van der Waals surface area contributed by atoms with E-state index in [1.54, 1.807) is 13.3 Å². The number of ether oxygens (including phenoxy) is 1. The molecular formula is C11H12N4O. The summed E-state index contributed by atoms with van der Waals surface area (Å²) in [5, 5.41) is 3.09. The number of aromatic nitrogens is 2. The number of nitrogen functional groups attached to an aromatic ring is 1. The topological polar surface area (TPSA) is 73.1 Å². The first-order chi connectivity index (χ1) is 7.79. The largest absolute Gasteiger partial charge is 0.497 e. The van der Waals surface area contributed by atoms with Crippen molar-refractivity contribution in [1.29, 1.82) is 0 Å². The molecule has 0 aliphatic heterocycles. The molecule has 16 heavy (non-hydrogen) atoms. The van der Waals surface area contributed by atoms with Gasteiger partial charge in [-0.15, -0.1) is 0 Å². The molecule has 0 atom stereocenters. The van der Waals surface area contributed by atoms with Crippen molar-refractivity contribution in [3.63, 3.8) is 0 Å². The second kappa shape index (κ2) is 4.48. The normalized spacial score (nSPS) is 9.81. The minimum Gasteiger partial charge on any atom is -0.497 e. The summed E-state index contributed by atoms with van der Waals surface area (Å²) < 4.78 is 5.07. The van der Waals surface area contributed by atoms with E-state index in [1.165, 1.54) is 6.33 Å². The first-order valence-electron chi connectivity index (χ1n) is 4.76. The molecule has 0 saturated heterocycles. The Morgan fingerprint density at radius 2 is 2.00 bits per heavy atom. The van der Waals surface area contributed by atoms with Gasteiger partial charge >= 0.3 is 0 Å². The predicted octanol–water partition coefficient (Wildman–Crippen LogP) is 1.81. The Morgan fingerprint density at radius 1 is 1.25 bits per heavy atom. The maximum Gasteiger partial charge on any atom is 0.157 e. The average molecular weight is 216 g/mol. The molecule has 0 fully saturated rings. The molecule has 1 aromatic carbocycles. The van der Waals surface area contributed by atoms with Crippen molar-refractivity contribution in [2.75, 3.05) is 18.2 Å². The van der Waals surface area contributed by atoms with Crippen molar-refractivity contribution in [2.24, 2.45) is 0 Å². The summed E-state index contributed by atoms with van der Waals surface area (Å²) in [6, 6.07) is 7.50. The fourth-order valence-electron chi connectivity index (χ4n) is 1.26. The molecule has 2 aromatic rings. The van der Waals surface area contributed by atoms with E-state index in [-0.39, 0.29) is 0 Å². The molecule has 0 radical (unpaired) electrons. The standard InChI is InChI=1S/C11H12N4O/c1-16-9-4-2-8(3-5-9)15-11-10(12)6-13-7-14-11/h2-7H,12H2,1H3,(H,13,14,15). The Bertz CT molecular complexity index is 470. The van der Waals surface area contributed by atoms with Crippen molar-refractivity contribution in [3.05, 3.63) is 36.8 Å². The van der Waals surface area contributed by atoms with Gasteiger partial charge in [0.15, 0.2) is 5.82 Å². The Morgan fingerprint density at radius 3 is 2.62 bits per heavy atom. The highest BCUT2D eigenvalue weighted by atomic mass is 16.5. The number of methoxy groups -OCH3 is 1. The molecule has 0 bridgehead atoms. The molecule has 0 saturated carbocycles. The van der Waals surface area contributed by atoms with Gasteiger partial charge in [-0.2, -0.15) is 0 Å². The van der Waals surface area contributed by atoms with Crippen LogP contribution in [0.5, 0.6) is 5.75 Å². The number of rotatable bonds is 3. The van der Waals surface area contributed by atoms with Gasteiger partial charge in [0.2, 0.25) is 0 Å². The maximum atomic E-state index is 5.71. The van der Waals surface area contributed by atoms with Crippen molar-refractivity contribution in [3.8, 4) is 5.75 Å². The number of nitrogens with zero attached hydrogens (tertiary/aromatic N) is 2. The van der Waals surface area contributed by atoms with E-state index in [2.05, 4.69) is 15.3 Å². The molecule has 2 rings (SSSR count). The summed E-state index contributed by atoms with van der Waals surface area (Å²) in [6.45, 7) is 0. The summed E-state index contributed by atoms with van der Waals surface area (Å²) in [6.07, 6.45) is 3.00. The summed E-state index contributed by atoms with van der Waals surface area (Å²) in [7, 11) is 1.63. The lowest BCUT2D eigenvalue weighted by Gasteiger charge is -2.07. The minimum atomic E-state index is 0.512. The van der Waals surface area contributed by atoms with Gasteiger partial charge in [-0.1, -0.05) is 0 Å². The van der Waals surface area contributed by atoms with E-state index in [0.717, 1.165) is 11.4 Å². The van der Waals surface area contributed by atoms with Crippen molar-refractivity contribution in [1.82, 2.24) is 9.97 Å². The van der Waals surface area contributed by atoms with Crippen molar-refractivity contribution < 1.29 is 4.74 Å². The van der Waals surface area contributed by atoms with Gasteiger partial charge in [-0.3, -0.25) is 0 Å². The van der Waals surface area contributed by atoms with E-state index in [4.69, 9.17) is 10.5 Å². The fraction of sp³-hybridized carbons (Fsp3) is 0.0909. The second-order valence-corrected chi connectivity index (χ2v) is 3.18. The number of benzene rings is 1. The smallest absolute Gasteiger partial charge is 0.157 e. The zero-order valence-electron chi connectivity index (χ0n) is 8.84. The summed E-state index contributed by atoms with van der Waals surface area (Å²) in [4.78, 5) is 7.86. The van der Waals surface area contributed by atoms with Gasteiger partial charge in [0.1, 0.15) is 12.1 Å². The molecule has 0 spiro atoms. The van der Waals surface area contributed by atoms with Gasteiger partial charge in [0.05, 0.1) is 19.0 Å². The Balaban J connectivity index is 2.18. The van der Waals surface area contributed by atoms with Crippen LogP contribution in [0, 0.1) is 0 Å². The first-order valence-corrected chi connectivity index (χ1v) is 4.76. The molecular weight excluding hydrogens is 204 g/mol. The molecule has 1 aromatic heterocycles. The Kier molecular flexibility index (Phi) is 2.86. The van der Waals surface area contributed by atoms with Crippen LogP contribution in [0.15, 0.2) is 36.8 Å². The zero-order chi connectivity index (χ0) is 11.4. The van der Waals surface area contributed by atoms with E-state index in [0.29, 0.717) is 11.5 Å². The second-order valence-electron chi connectivity index (χ2n) is 3.18. The Hall–Kier alpha value is -2.30. The molecule has 0 aliphatic carbocycles. The molecule has 3 N–H and O–H groups in total. The summed E-state index contributed by atoms with van der Waals surface area (Å²) in [5.74, 6) is 1.40. The molecule has 0 amide bonds. The van der Waals surface area contributed by atoms with Crippen LogP contribution in [-0.4, -0.2) is 17.1 Å². The lowest BCUT2D eigenvalue weighted by molar-refractivity contribution is 0.415. The zero-order valence-corrected chi connectivity index (χ0v) is 8.84. The lowest BCUT2D eigenvalue weighted by Crippen LogP contribution is -1.99. The summed E-state index contributed by atoms with van der Waals surface area (Å²) in [5.41, 5.74) is 7.12. The Labute approximate surface area is 93.3 Å². The third-order valence-electron chi connectivity index (χ3n) is 2.09. The SMILES string of the molecule is COc1ccc(Nc2ncncc2N)cc1. The molecule has 0 unspecified atom stereocenters. The highest BCUT2D eigenvalue weighted by molar-refractivity contribution is 5.67. The van der Waals surface area contributed by atoms with Crippen molar-refractivity contribution >= 4 is 17.2 Å². The first kappa shape index (κ1) is 10.2. The number of hydrogen-bond acceptors (Lipinski definition) is 5. The van der Waals surface area contributed by atoms with E-state index in [9.17, 15) is 0 Å². The van der Waals surface area contributed by atoms with E-state index >= 15 is 0 Å². The lowest BCUT2D eigenvalue weighted by atomic mass is 10.3. The highest BCUT2D eigenvalue weighted by Crippen LogP contribution is 2.21. The van der Waals surface area contributed by atoms with Crippen molar-refractivity contribution in [2.45, 2.75) is 0 Å². The number of nitrogens with two attached hydrogens (primary N) is 1. The van der Waals surface area contributed by atoms with Crippen LogP contribution < -0.4 is 15.8 Å².